The second kappa shape index (κ2) is 4.67. The quantitative estimate of drug-likeness (QED) is 0.674. The van der Waals surface area contributed by atoms with Crippen LogP contribution in [0.25, 0.3) is 0 Å². The van der Waals surface area contributed by atoms with Gasteiger partial charge in [-0.3, -0.25) is 4.79 Å². The van der Waals surface area contributed by atoms with Crippen LogP contribution in [0.15, 0.2) is 12.1 Å². The summed E-state index contributed by atoms with van der Waals surface area (Å²) >= 11 is 0. The Labute approximate surface area is 100.0 Å². The van der Waals surface area contributed by atoms with Crippen LogP contribution in [0, 0.1) is 0 Å². The Balaban J connectivity index is 2.00. The number of aromatic nitrogens is 2. The largest absolute Gasteiger partial charge is 0.362 e. The van der Waals surface area contributed by atoms with E-state index in [2.05, 4.69) is 20.8 Å². The van der Waals surface area contributed by atoms with E-state index in [1.165, 1.54) is 0 Å². The number of carbonyl (C=O) groups excluding carboxylic acids is 1. The van der Waals surface area contributed by atoms with E-state index in [-0.39, 0.29) is 11.4 Å². The van der Waals surface area contributed by atoms with Crippen molar-refractivity contribution in [1.29, 1.82) is 0 Å². The topological polar surface area (TPSA) is 92.9 Å². The van der Waals surface area contributed by atoms with Crippen LogP contribution in [0.5, 0.6) is 0 Å². The zero-order chi connectivity index (χ0) is 12.3. The lowest BCUT2D eigenvalue weighted by atomic mass is 10.2. The lowest BCUT2D eigenvalue weighted by molar-refractivity contribution is 0.0950. The molecule has 1 fully saturated rings. The minimum atomic E-state index is -0.202. The average molecular weight is 235 g/mol. The summed E-state index contributed by atoms with van der Waals surface area (Å²) in [6.45, 7) is 3.03. The van der Waals surface area contributed by atoms with Gasteiger partial charge in [0.25, 0.3) is 5.91 Å². The Morgan fingerprint density at radius 1 is 1.47 bits per heavy atom. The molecule has 0 atom stereocenters. The van der Waals surface area contributed by atoms with Crippen LogP contribution in [-0.2, 0) is 0 Å². The van der Waals surface area contributed by atoms with Gasteiger partial charge in [0, 0.05) is 13.1 Å². The monoisotopic (exact) mass is 235 g/mol. The maximum absolute atomic E-state index is 11.5. The summed E-state index contributed by atoms with van der Waals surface area (Å²) in [5.74, 6) is 0.465. The number of nitrogens with zero attached hydrogens (tertiary/aromatic N) is 2. The van der Waals surface area contributed by atoms with Gasteiger partial charge >= 0.3 is 0 Å². The Morgan fingerprint density at radius 2 is 2.24 bits per heavy atom. The second-order valence-electron chi connectivity index (χ2n) is 4.27. The van der Waals surface area contributed by atoms with E-state index in [9.17, 15) is 4.79 Å². The molecule has 0 saturated heterocycles. The molecule has 0 aromatic carbocycles. The predicted octanol–water partition coefficient (Wildman–Crippen LogP) is 0.129. The molecule has 1 aliphatic rings. The summed E-state index contributed by atoms with van der Waals surface area (Å²) in [6, 6.07) is 3.42. The van der Waals surface area contributed by atoms with Crippen molar-refractivity contribution in [3.8, 4) is 0 Å². The number of carbonyl (C=O) groups is 1. The molecule has 1 amide bonds. The van der Waals surface area contributed by atoms with E-state index in [1.54, 1.807) is 12.1 Å². The number of amides is 1. The van der Waals surface area contributed by atoms with E-state index >= 15 is 0 Å². The van der Waals surface area contributed by atoms with Crippen molar-refractivity contribution < 1.29 is 4.79 Å². The van der Waals surface area contributed by atoms with Gasteiger partial charge in [-0.2, -0.15) is 0 Å². The minimum absolute atomic E-state index is 0.00186. The Morgan fingerprint density at radius 3 is 2.71 bits per heavy atom. The van der Waals surface area contributed by atoms with Crippen molar-refractivity contribution in [3.63, 3.8) is 0 Å². The van der Waals surface area contributed by atoms with Gasteiger partial charge in [0.2, 0.25) is 0 Å². The molecule has 1 aliphatic carbocycles. The maximum atomic E-state index is 11.5. The first-order chi connectivity index (χ1) is 8.19. The SMILES string of the molecule is CCNC(=O)c1ccc(NC2(CN)CC2)nn1. The molecule has 4 N–H and O–H groups in total. The third-order valence-corrected chi connectivity index (χ3v) is 2.87. The van der Waals surface area contributed by atoms with Crippen molar-refractivity contribution in [2.45, 2.75) is 25.3 Å². The highest BCUT2D eigenvalue weighted by Crippen LogP contribution is 2.37. The second-order valence-corrected chi connectivity index (χ2v) is 4.27. The molecule has 0 aliphatic heterocycles. The van der Waals surface area contributed by atoms with E-state index in [0.717, 1.165) is 12.8 Å². The summed E-state index contributed by atoms with van der Waals surface area (Å²) in [5, 5.41) is 13.8. The first-order valence-electron chi connectivity index (χ1n) is 5.79. The van der Waals surface area contributed by atoms with Crippen LogP contribution in [0.2, 0.25) is 0 Å². The summed E-state index contributed by atoms with van der Waals surface area (Å²) in [7, 11) is 0. The molecule has 17 heavy (non-hydrogen) atoms. The molecule has 6 heteroatoms. The normalized spacial score (nSPS) is 16.4. The van der Waals surface area contributed by atoms with Gasteiger partial charge in [0.15, 0.2) is 5.69 Å². The van der Waals surface area contributed by atoms with Crippen LogP contribution < -0.4 is 16.4 Å². The molecular formula is C11H17N5O. The van der Waals surface area contributed by atoms with Crippen LogP contribution in [-0.4, -0.2) is 34.7 Å². The number of hydrogen-bond acceptors (Lipinski definition) is 5. The minimum Gasteiger partial charge on any atom is -0.362 e. The Kier molecular flexibility index (Phi) is 3.23. The van der Waals surface area contributed by atoms with Crippen LogP contribution in [0.1, 0.15) is 30.3 Å². The zero-order valence-corrected chi connectivity index (χ0v) is 9.86. The molecule has 1 aromatic rings. The molecule has 1 aromatic heterocycles. The average Bonchev–Trinajstić information content (AvgIpc) is 3.11. The fraction of sp³-hybridized carbons (Fsp3) is 0.545. The van der Waals surface area contributed by atoms with Gasteiger partial charge < -0.3 is 16.4 Å². The van der Waals surface area contributed by atoms with Crippen molar-refractivity contribution in [3.05, 3.63) is 17.8 Å². The van der Waals surface area contributed by atoms with E-state index in [1.807, 2.05) is 6.92 Å². The summed E-state index contributed by atoms with van der Waals surface area (Å²) in [4.78, 5) is 11.5. The molecule has 1 heterocycles. The highest BCUT2D eigenvalue weighted by atomic mass is 16.1. The molecule has 0 bridgehead atoms. The molecule has 92 valence electrons. The van der Waals surface area contributed by atoms with Gasteiger partial charge in [-0.05, 0) is 31.9 Å². The van der Waals surface area contributed by atoms with Crippen molar-refractivity contribution >= 4 is 11.7 Å². The van der Waals surface area contributed by atoms with Gasteiger partial charge in [-0.15, -0.1) is 10.2 Å². The molecule has 0 radical (unpaired) electrons. The number of rotatable bonds is 5. The van der Waals surface area contributed by atoms with Crippen molar-refractivity contribution in [2.75, 3.05) is 18.4 Å². The van der Waals surface area contributed by atoms with Gasteiger partial charge in [-0.25, -0.2) is 0 Å². The first-order valence-corrected chi connectivity index (χ1v) is 5.79. The third-order valence-electron chi connectivity index (χ3n) is 2.87. The van der Waals surface area contributed by atoms with Crippen molar-refractivity contribution in [1.82, 2.24) is 15.5 Å². The zero-order valence-electron chi connectivity index (χ0n) is 9.86. The lowest BCUT2D eigenvalue weighted by Gasteiger charge is -2.14. The molecule has 1 saturated carbocycles. The standard InChI is InChI=1S/C11H17N5O/c1-2-13-10(17)8-3-4-9(16-15-8)14-11(7-12)5-6-11/h3-4H,2,5-7,12H2,1H3,(H,13,17)(H,14,16). The summed E-state index contributed by atoms with van der Waals surface area (Å²) in [5.41, 5.74) is 5.99. The number of anilines is 1. The lowest BCUT2D eigenvalue weighted by Crippen LogP contribution is -2.31. The Hall–Kier alpha value is -1.69. The molecule has 0 spiro atoms. The van der Waals surface area contributed by atoms with Crippen molar-refractivity contribution in [2.24, 2.45) is 5.73 Å². The maximum Gasteiger partial charge on any atom is 0.271 e. The molecule has 2 rings (SSSR count). The van der Waals surface area contributed by atoms with Crippen LogP contribution in [0.4, 0.5) is 5.82 Å². The number of nitrogens with two attached hydrogens (primary N) is 1. The first kappa shape index (κ1) is 11.8. The van der Waals surface area contributed by atoms with E-state index < -0.39 is 0 Å². The van der Waals surface area contributed by atoms with E-state index in [4.69, 9.17) is 5.73 Å². The van der Waals surface area contributed by atoms with Gasteiger partial charge in [-0.1, -0.05) is 0 Å². The molecule has 6 nitrogen and oxygen atoms in total. The highest BCUT2D eigenvalue weighted by molar-refractivity contribution is 5.92. The predicted molar refractivity (Wildman–Crippen MR) is 64.7 cm³/mol. The molecular weight excluding hydrogens is 218 g/mol. The fourth-order valence-electron chi connectivity index (χ4n) is 1.57. The van der Waals surface area contributed by atoms with Crippen LogP contribution in [0.3, 0.4) is 0 Å². The molecule has 0 unspecified atom stereocenters. The number of nitrogens with one attached hydrogen (secondary N) is 2. The Bertz CT molecular complexity index is 399. The fourth-order valence-corrected chi connectivity index (χ4v) is 1.57. The highest BCUT2D eigenvalue weighted by Gasteiger charge is 2.41. The smallest absolute Gasteiger partial charge is 0.271 e. The van der Waals surface area contributed by atoms with Gasteiger partial charge in [0.05, 0.1) is 5.54 Å². The summed E-state index contributed by atoms with van der Waals surface area (Å²) < 4.78 is 0. The third kappa shape index (κ3) is 2.71. The van der Waals surface area contributed by atoms with E-state index in [0.29, 0.717) is 24.6 Å². The summed E-state index contributed by atoms with van der Waals surface area (Å²) in [6.07, 6.45) is 2.12. The van der Waals surface area contributed by atoms with Crippen LogP contribution >= 0.6 is 0 Å². The number of hydrogen-bond donors (Lipinski definition) is 3. The van der Waals surface area contributed by atoms with Gasteiger partial charge in [0.1, 0.15) is 5.82 Å².